The molecule has 1 aliphatic carbocycles. The normalized spacial score (nSPS) is 17.7. The number of anilines is 1. The van der Waals surface area contributed by atoms with Gasteiger partial charge in [-0.05, 0) is 37.1 Å². The van der Waals surface area contributed by atoms with Gasteiger partial charge in [-0.2, -0.15) is 0 Å². The largest absolute Gasteiger partial charge is 0.492 e. The Morgan fingerprint density at radius 3 is 2.71 bits per heavy atom. The summed E-state index contributed by atoms with van der Waals surface area (Å²) in [4.78, 5) is 11.4. The van der Waals surface area contributed by atoms with E-state index in [1.165, 1.54) is 12.8 Å². The van der Waals surface area contributed by atoms with Crippen molar-refractivity contribution in [3.63, 3.8) is 0 Å². The summed E-state index contributed by atoms with van der Waals surface area (Å²) in [6.07, 6.45) is 8.12. The SMILES string of the molecule is c1cn2c(-c3ccc(OCCN4CCOCC4)cc3)cnc2c(NC2CC2)n1. The molecule has 146 valence electrons. The highest BCUT2D eigenvalue weighted by molar-refractivity contribution is 5.71. The molecule has 1 saturated heterocycles. The molecule has 5 rings (SSSR count). The molecule has 1 saturated carbocycles. The van der Waals surface area contributed by atoms with Crippen LogP contribution in [0.2, 0.25) is 0 Å². The predicted molar refractivity (Wildman–Crippen MR) is 108 cm³/mol. The third-order valence-electron chi connectivity index (χ3n) is 5.28. The molecule has 28 heavy (non-hydrogen) atoms. The van der Waals surface area contributed by atoms with Gasteiger partial charge in [0.25, 0.3) is 0 Å². The Bertz CT molecular complexity index is 930. The molecule has 0 radical (unpaired) electrons. The molecule has 2 fully saturated rings. The third kappa shape index (κ3) is 3.81. The van der Waals surface area contributed by atoms with Gasteiger partial charge in [-0.1, -0.05) is 0 Å². The van der Waals surface area contributed by atoms with Crippen LogP contribution in [0.15, 0.2) is 42.9 Å². The summed E-state index contributed by atoms with van der Waals surface area (Å²) < 4.78 is 13.4. The Kier molecular flexibility index (Phi) is 4.85. The maximum atomic E-state index is 5.91. The summed E-state index contributed by atoms with van der Waals surface area (Å²) >= 11 is 0. The second-order valence-electron chi connectivity index (χ2n) is 7.36. The molecule has 1 aromatic carbocycles. The van der Waals surface area contributed by atoms with E-state index in [0.29, 0.717) is 12.6 Å². The molecule has 0 amide bonds. The maximum Gasteiger partial charge on any atom is 0.180 e. The second-order valence-corrected chi connectivity index (χ2v) is 7.36. The minimum atomic E-state index is 0.549. The fraction of sp³-hybridized carbons (Fsp3) is 0.429. The number of fused-ring (bicyclic) bond motifs is 1. The van der Waals surface area contributed by atoms with E-state index in [1.54, 1.807) is 0 Å². The Hall–Kier alpha value is -2.64. The second kappa shape index (κ2) is 7.77. The average molecular weight is 379 g/mol. The van der Waals surface area contributed by atoms with Gasteiger partial charge in [0, 0.05) is 43.6 Å². The van der Waals surface area contributed by atoms with Crippen LogP contribution in [0.4, 0.5) is 5.82 Å². The summed E-state index contributed by atoms with van der Waals surface area (Å²) in [5.74, 6) is 1.75. The van der Waals surface area contributed by atoms with Gasteiger partial charge in [-0.3, -0.25) is 9.30 Å². The smallest absolute Gasteiger partial charge is 0.180 e. The van der Waals surface area contributed by atoms with E-state index in [1.807, 2.05) is 30.7 Å². The van der Waals surface area contributed by atoms with Crippen LogP contribution in [0.25, 0.3) is 16.9 Å². The molecular formula is C21H25N5O2. The Labute approximate surface area is 164 Å². The Morgan fingerprint density at radius 1 is 1.11 bits per heavy atom. The minimum Gasteiger partial charge on any atom is -0.492 e. The van der Waals surface area contributed by atoms with Crippen LogP contribution >= 0.6 is 0 Å². The van der Waals surface area contributed by atoms with Gasteiger partial charge in [0.15, 0.2) is 11.5 Å². The number of nitrogens with one attached hydrogen (secondary N) is 1. The van der Waals surface area contributed by atoms with Gasteiger partial charge in [0.05, 0.1) is 25.1 Å². The number of rotatable bonds is 7. The molecule has 3 aromatic rings. The molecule has 1 N–H and O–H groups in total. The number of morpholine rings is 1. The molecule has 2 aromatic heterocycles. The van der Waals surface area contributed by atoms with Crippen molar-refractivity contribution >= 4 is 11.5 Å². The zero-order valence-corrected chi connectivity index (χ0v) is 15.9. The lowest BCUT2D eigenvalue weighted by Gasteiger charge is -2.26. The zero-order chi connectivity index (χ0) is 18.8. The first-order valence-corrected chi connectivity index (χ1v) is 9.99. The fourth-order valence-electron chi connectivity index (χ4n) is 3.49. The van der Waals surface area contributed by atoms with Crippen LogP contribution < -0.4 is 10.1 Å². The van der Waals surface area contributed by atoms with Gasteiger partial charge in [-0.15, -0.1) is 0 Å². The van der Waals surface area contributed by atoms with Crippen molar-refractivity contribution in [3.05, 3.63) is 42.9 Å². The van der Waals surface area contributed by atoms with Crippen LogP contribution in [0.1, 0.15) is 12.8 Å². The fourth-order valence-corrected chi connectivity index (χ4v) is 3.49. The molecule has 1 aliphatic heterocycles. The highest BCUT2D eigenvalue weighted by Gasteiger charge is 2.23. The van der Waals surface area contributed by atoms with E-state index in [-0.39, 0.29) is 0 Å². The van der Waals surface area contributed by atoms with Crippen molar-refractivity contribution in [2.45, 2.75) is 18.9 Å². The van der Waals surface area contributed by atoms with Crippen molar-refractivity contribution in [1.29, 1.82) is 0 Å². The molecular weight excluding hydrogens is 354 g/mol. The van der Waals surface area contributed by atoms with E-state index in [4.69, 9.17) is 9.47 Å². The molecule has 0 bridgehead atoms. The zero-order valence-electron chi connectivity index (χ0n) is 15.9. The van der Waals surface area contributed by atoms with E-state index < -0.39 is 0 Å². The summed E-state index contributed by atoms with van der Waals surface area (Å²) in [7, 11) is 0. The van der Waals surface area contributed by atoms with Crippen LogP contribution in [0.3, 0.4) is 0 Å². The molecule has 0 atom stereocenters. The van der Waals surface area contributed by atoms with Gasteiger partial charge in [0.1, 0.15) is 12.4 Å². The highest BCUT2D eigenvalue weighted by Crippen LogP contribution is 2.28. The minimum absolute atomic E-state index is 0.549. The van der Waals surface area contributed by atoms with Gasteiger partial charge in [0.2, 0.25) is 0 Å². The number of hydrogen-bond donors (Lipinski definition) is 1. The quantitative estimate of drug-likeness (QED) is 0.681. The van der Waals surface area contributed by atoms with Crippen molar-refractivity contribution in [2.24, 2.45) is 0 Å². The predicted octanol–water partition coefficient (Wildman–Crippen LogP) is 2.68. The van der Waals surface area contributed by atoms with Gasteiger partial charge >= 0.3 is 0 Å². The molecule has 7 nitrogen and oxygen atoms in total. The van der Waals surface area contributed by atoms with Crippen LogP contribution in [0, 0.1) is 0 Å². The Balaban J connectivity index is 1.26. The van der Waals surface area contributed by atoms with Crippen molar-refractivity contribution < 1.29 is 9.47 Å². The lowest BCUT2D eigenvalue weighted by Crippen LogP contribution is -2.38. The number of hydrogen-bond acceptors (Lipinski definition) is 6. The molecule has 0 spiro atoms. The van der Waals surface area contributed by atoms with Gasteiger partial charge in [-0.25, -0.2) is 9.97 Å². The summed E-state index contributed by atoms with van der Waals surface area (Å²) in [5.41, 5.74) is 3.03. The van der Waals surface area contributed by atoms with E-state index in [0.717, 1.165) is 61.3 Å². The first kappa shape index (κ1) is 17.5. The lowest BCUT2D eigenvalue weighted by atomic mass is 10.1. The standard InChI is InChI=1S/C21H25N5O2/c1-5-18(28-14-11-25-9-12-27-13-10-25)6-2-16(1)19-15-23-21-20(24-17-3-4-17)22-7-8-26(19)21/h1-2,5-8,15,17H,3-4,9-14H2,(H,22,24). The molecule has 7 heteroatoms. The Morgan fingerprint density at radius 2 is 1.93 bits per heavy atom. The third-order valence-corrected chi connectivity index (χ3v) is 5.28. The van der Waals surface area contributed by atoms with Crippen LogP contribution in [-0.2, 0) is 4.74 Å². The van der Waals surface area contributed by atoms with E-state index in [9.17, 15) is 0 Å². The number of benzene rings is 1. The summed E-state index contributed by atoms with van der Waals surface area (Å²) in [6.45, 7) is 5.24. The summed E-state index contributed by atoms with van der Waals surface area (Å²) in [5, 5.41) is 3.46. The maximum absolute atomic E-state index is 5.91. The number of aromatic nitrogens is 3. The van der Waals surface area contributed by atoms with Crippen molar-refractivity contribution in [2.75, 3.05) is 44.8 Å². The number of imidazole rings is 1. The van der Waals surface area contributed by atoms with Gasteiger partial charge < -0.3 is 14.8 Å². The first-order valence-electron chi connectivity index (χ1n) is 9.99. The molecule has 0 unspecified atom stereocenters. The number of nitrogens with zero attached hydrogens (tertiary/aromatic N) is 4. The highest BCUT2D eigenvalue weighted by atomic mass is 16.5. The lowest BCUT2D eigenvalue weighted by molar-refractivity contribution is 0.0322. The average Bonchev–Trinajstić information content (AvgIpc) is 3.45. The van der Waals surface area contributed by atoms with Crippen LogP contribution in [-0.4, -0.2) is 64.8 Å². The van der Waals surface area contributed by atoms with E-state index in [2.05, 4.69) is 36.7 Å². The van der Waals surface area contributed by atoms with Crippen LogP contribution in [0.5, 0.6) is 5.75 Å². The summed E-state index contributed by atoms with van der Waals surface area (Å²) in [6, 6.07) is 8.77. The molecule has 2 aliphatic rings. The number of ether oxygens (including phenoxy) is 2. The van der Waals surface area contributed by atoms with Crippen molar-refractivity contribution in [3.8, 4) is 17.0 Å². The van der Waals surface area contributed by atoms with Crippen molar-refractivity contribution in [1.82, 2.24) is 19.3 Å². The topological polar surface area (TPSA) is 63.9 Å². The molecule has 3 heterocycles. The first-order chi connectivity index (χ1) is 13.9. The van der Waals surface area contributed by atoms with E-state index >= 15 is 0 Å². The monoisotopic (exact) mass is 379 g/mol.